The topological polar surface area (TPSA) is 80.8 Å². The van der Waals surface area contributed by atoms with E-state index in [4.69, 9.17) is 9.47 Å². The van der Waals surface area contributed by atoms with E-state index in [-0.39, 0.29) is 23.6 Å². The van der Waals surface area contributed by atoms with Gasteiger partial charge in [-0.05, 0) is 29.4 Å². The number of carbonyl (C=O) groups is 2. The van der Waals surface area contributed by atoms with E-state index in [9.17, 15) is 9.59 Å². The molecule has 31 heavy (non-hydrogen) atoms. The van der Waals surface area contributed by atoms with Crippen molar-refractivity contribution in [2.24, 2.45) is 0 Å². The molecule has 1 heterocycles. The Morgan fingerprint density at radius 2 is 1.77 bits per heavy atom. The number of aromatic nitrogens is 1. The maximum Gasteiger partial charge on any atom is 0.357 e. The Morgan fingerprint density at radius 3 is 2.32 bits per heavy atom. The average molecular weight is 448 g/mol. The lowest BCUT2D eigenvalue weighted by atomic mass is 9.93. The van der Waals surface area contributed by atoms with E-state index in [1.54, 1.807) is 17.4 Å². The van der Waals surface area contributed by atoms with Gasteiger partial charge < -0.3 is 19.7 Å². The first-order valence-electron chi connectivity index (χ1n) is 10.5. The van der Waals surface area contributed by atoms with E-state index in [0.717, 1.165) is 16.8 Å². The molecule has 1 aromatic carbocycles. The van der Waals surface area contributed by atoms with Crippen molar-refractivity contribution in [1.82, 2.24) is 9.88 Å². The number of benzene rings is 1. The highest BCUT2D eigenvalue weighted by Gasteiger charge is 2.21. The fourth-order valence-corrected chi connectivity index (χ4v) is 4.06. The van der Waals surface area contributed by atoms with Gasteiger partial charge >= 0.3 is 12.0 Å². The number of urea groups is 1. The number of para-hydroxylation sites is 1. The molecule has 0 spiro atoms. The number of thiazole rings is 1. The van der Waals surface area contributed by atoms with Gasteiger partial charge in [-0.25, -0.2) is 14.6 Å². The standard InChI is InChI=1S/C23H33N3O4S/c1-15(2)17-9-7-10-18(16(3)4)21(17)25-23(28)26(11-8-12-29-5)13-20-24-19(14-31-20)22(27)30-6/h7,9-10,14-16H,8,11-13H2,1-6H3,(H,25,28). The van der Waals surface area contributed by atoms with Crippen molar-refractivity contribution in [3.8, 4) is 0 Å². The summed E-state index contributed by atoms with van der Waals surface area (Å²) in [4.78, 5) is 31.1. The van der Waals surface area contributed by atoms with Crippen LogP contribution in [0.5, 0.6) is 0 Å². The van der Waals surface area contributed by atoms with Crippen LogP contribution in [0.1, 0.15) is 72.6 Å². The third kappa shape index (κ3) is 6.77. The van der Waals surface area contributed by atoms with Gasteiger partial charge in [0.15, 0.2) is 5.69 Å². The summed E-state index contributed by atoms with van der Waals surface area (Å²) in [7, 11) is 2.96. The van der Waals surface area contributed by atoms with Crippen LogP contribution in [0.25, 0.3) is 0 Å². The molecular formula is C23H33N3O4S. The minimum Gasteiger partial charge on any atom is -0.464 e. The number of nitrogens with one attached hydrogen (secondary N) is 1. The Morgan fingerprint density at radius 1 is 1.13 bits per heavy atom. The zero-order valence-electron chi connectivity index (χ0n) is 19.2. The Balaban J connectivity index is 2.28. The Bertz CT molecular complexity index is 853. The first-order chi connectivity index (χ1) is 14.8. The first kappa shape index (κ1) is 24.8. The number of nitrogens with zero attached hydrogens (tertiary/aromatic N) is 2. The van der Waals surface area contributed by atoms with Crippen molar-refractivity contribution >= 4 is 29.0 Å². The molecule has 0 fully saturated rings. The van der Waals surface area contributed by atoms with Gasteiger partial charge in [0.25, 0.3) is 0 Å². The van der Waals surface area contributed by atoms with E-state index < -0.39 is 5.97 Å². The van der Waals surface area contributed by atoms with Crippen LogP contribution in [-0.4, -0.2) is 49.3 Å². The molecule has 0 bridgehead atoms. The predicted octanol–water partition coefficient (Wildman–Crippen LogP) is 5.25. The van der Waals surface area contributed by atoms with Crippen LogP contribution < -0.4 is 5.32 Å². The number of esters is 1. The minimum absolute atomic E-state index is 0.194. The lowest BCUT2D eigenvalue weighted by molar-refractivity contribution is 0.0594. The highest BCUT2D eigenvalue weighted by atomic mass is 32.1. The molecule has 0 aliphatic carbocycles. The third-order valence-electron chi connectivity index (χ3n) is 4.94. The van der Waals surface area contributed by atoms with Crippen LogP contribution in [0, 0.1) is 0 Å². The Labute approximate surface area is 188 Å². The van der Waals surface area contributed by atoms with Crippen LogP contribution in [0.4, 0.5) is 10.5 Å². The van der Waals surface area contributed by atoms with Gasteiger partial charge in [0.2, 0.25) is 0 Å². The molecule has 0 atom stereocenters. The van der Waals surface area contributed by atoms with E-state index in [2.05, 4.69) is 50.1 Å². The smallest absolute Gasteiger partial charge is 0.357 e. The van der Waals surface area contributed by atoms with E-state index in [1.165, 1.54) is 18.4 Å². The molecule has 8 heteroatoms. The van der Waals surface area contributed by atoms with Gasteiger partial charge in [-0.15, -0.1) is 11.3 Å². The summed E-state index contributed by atoms with van der Waals surface area (Å²) in [6, 6.07) is 5.97. The van der Waals surface area contributed by atoms with Crippen LogP contribution in [0.2, 0.25) is 0 Å². The number of carbonyl (C=O) groups excluding carboxylic acids is 2. The second-order valence-electron chi connectivity index (χ2n) is 7.94. The average Bonchev–Trinajstić information content (AvgIpc) is 3.21. The largest absolute Gasteiger partial charge is 0.464 e. The maximum absolute atomic E-state index is 13.3. The lowest BCUT2D eigenvalue weighted by Gasteiger charge is -2.25. The van der Waals surface area contributed by atoms with Crippen molar-refractivity contribution in [3.63, 3.8) is 0 Å². The highest BCUT2D eigenvalue weighted by molar-refractivity contribution is 7.09. The van der Waals surface area contributed by atoms with Crippen molar-refractivity contribution in [3.05, 3.63) is 45.4 Å². The molecule has 2 rings (SSSR count). The molecule has 170 valence electrons. The number of hydrogen-bond acceptors (Lipinski definition) is 6. The first-order valence-corrected chi connectivity index (χ1v) is 11.4. The third-order valence-corrected chi connectivity index (χ3v) is 5.77. The number of methoxy groups -OCH3 is 2. The molecule has 1 N–H and O–H groups in total. The second-order valence-corrected chi connectivity index (χ2v) is 8.88. The molecule has 0 unspecified atom stereocenters. The van der Waals surface area contributed by atoms with Crippen LogP contribution >= 0.6 is 11.3 Å². The number of hydrogen-bond donors (Lipinski definition) is 1. The minimum atomic E-state index is -0.481. The van der Waals surface area contributed by atoms with Gasteiger partial charge in [-0.3, -0.25) is 0 Å². The highest BCUT2D eigenvalue weighted by Crippen LogP contribution is 2.32. The molecule has 0 aliphatic rings. The normalized spacial score (nSPS) is 11.1. The molecule has 0 radical (unpaired) electrons. The fraction of sp³-hybridized carbons (Fsp3) is 0.522. The predicted molar refractivity (Wildman–Crippen MR) is 124 cm³/mol. The zero-order chi connectivity index (χ0) is 23.0. The van der Waals surface area contributed by atoms with E-state index in [0.29, 0.717) is 31.1 Å². The summed E-state index contributed by atoms with van der Waals surface area (Å²) >= 11 is 1.34. The van der Waals surface area contributed by atoms with Crippen LogP contribution in [0.15, 0.2) is 23.6 Å². The van der Waals surface area contributed by atoms with E-state index in [1.807, 2.05) is 6.07 Å². The van der Waals surface area contributed by atoms with Gasteiger partial charge in [-0.1, -0.05) is 45.9 Å². The summed E-state index contributed by atoms with van der Waals surface area (Å²) in [5.41, 5.74) is 3.35. The van der Waals surface area contributed by atoms with Crippen molar-refractivity contribution in [2.45, 2.75) is 52.5 Å². The van der Waals surface area contributed by atoms with Crippen molar-refractivity contribution in [1.29, 1.82) is 0 Å². The molecule has 0 aliphatic heterocycles. The van der Waals surface area contributed by atoms with Crippen molar-refractivity contribution in [2.75, 3.05) is 32.7 Å². The molecule has 1 aromatic heterocycles. The quantitative estimate of drug-likeness (QED) is 0.398. The molecular weight excluding hydrogens is 414 g/mol. The number of ether oxygens (including phenoxy) is 2. The summed E-state index contributed by atoms with van der Waals surface area (Å²) in [6.07, 6.45) is 0.696. The molecule has 0 saturated carbocycles. The summed E-state index contributed by atoms with van der Waals surface area (Å²) in [5.74, 6) is 0.0698. The number of anilines is 1. The Kier molecular flexibility index (Phi) is 9.45. The number of rotatable bonds is 10. The summed E-state index contributed by atoms with van der Waals surface area (Å²) < 4.78 is 9.89. The lowest BCUT2D eigenvalue weighted by Crippen LogP contribution is -2.36. The van der Waals surface area contributed by atoms with E-state index >= 15 is 0 Å². The summed E-state index contributed by atoms with van der Waals surface area (Å²) in [5, 5.41) is 5.49. The maximum atomic E-state index is 13.3. The second kappa shape index (κ2) is 11.8. The molecule has 2 amide bonds. The van der Waals surface area contributed by atoms with Gasteiger partial charge in [0.1, 0.15) is 5.01 Å². The van der Waals surface area contributed by atoms with Crippen LogP contribution in [0.3, 0.4) is 0 Å². The van der Waals surface area contributed by atoms with Crippen LogP contribution in [-0.2, 0) is 16.0 Å². The van der Waals surface area contributed by atoms with Crippen molar-refractivity contribution < 1.29 is 19.1 Å². The molecule has 2 aromatic rings. The Hall–Kier alpha value is -2.45. The van der Waals surface area contributed by atoms with Gasteiger partial charge in [0, 0.05) is 31.3 Å². The monoisotopic (exact) mass is 447 g/mol. The SMILES string of the molecule is COCCCN(Cc1nc(C(=O)OC)cs1)C(=O)Nc1c(C(C)C)cccc1C(C)C. The molecule has 7 nitrogen and oxygen atoms in total. The van der Waals surface area contributed by atoms with Gasteiger partial charge in [-0.2, -0.15) is 0 Å². The van der Waals surface area contributed by atoms with Gasteiger partial charge in [0.05, 0.1) is 13.7 Å². The summed E-state index contributed by atoms with van der Waals surface area (Å²) in [6.45, 7) is 9.84. The molecule has 0 saturated heterocycles. The number of amides is 2. The fourth-order valence-electron chi connectivity index (χ4n) is 3.28. The zero-order valence-corrected chi connectivity index (χ0v) is 20.0.